The van der Waals surface area contributed by atoms with Crippen molar-refractivity contribution in [3.8, 4) is 0 Å². The number of carbonyl (C=O) groups excluding carboxylic acids is 3. The molecule has 11 heteroatoms. The van der Waals surface area contributed by atoms with Crippen LogP contribution in [0, 0.1) is 5.92 Å². The molecule has 2 aliphatic heterocycles. The molecule has 2 aromatic heterocycles. The van der Waals surface area contributed by atoms with E-state index in [1.165, 1.54) is 12.5 Å². The minimum Gasteiger partial charge on any atom is -0.467 e. The summed E-state index contributed by atoms with van der Waals surface area (Å²) in [6.45, 7) is 3.52. The van der Waals surface area contributed by atoms with E-state index in [1.807, 2.05) is 0 Å². The second-order valence-electron chi connectivity index (χ2n) is 8.06. The number of hydrogen-bond donors (Lipinski definition) is 3. The maximum Gasteiger partial charge on any atom is 0.338 e. The SMILES string of the molecule is CCOC(=O)C1=C(CN2CCC(C(=O)Nc3ccc(Cl)cn3)CC2)NC(=O)NC1c1ccco1. The Hall–Kier alpha value is -3.37. The average Bonchev–Trinajstić information content (AvgIpc) is 3.36. The van der Waals surface area contributed by atoms with Gasteiger partial charge in [0.1, 0.15) is 17.6 Å². The summed E-state index contributed by atoms with van der Waals surface area (Å²) in [4.78, 5) is 44.0. The monoisotopic (exact) mass is 487 g/mol. The predicted molar refractivity (Wildman–Crippen MR) is 124 cm³/mol. The van der Waals surface area contributed by atoms with E-state index < -0.39 is 18.0 Å². The van der Waals surface area contributed by atoms with Gasteiger partial charge in [-0.2, -0.15) is 0 Å². The smallest absolute Gasteiger partial charge is 0.338 e. The first kappa shape index (κ1) is 23.8. The summed E-state index contributed by atoms with van der Waals surface area (Å²) in [7, 11) is 0. The number of amides is 3. The summed E-state index contributed by atoms with van der Waals surface area (Å²) >= 11 is 5.84. The topological polar surface area (TPSA) is 126 Å². The van der Waals surface area contributed by atoms with E-state index in [9.17, 15) is 14.4 Å². The number of nitrogens with zero attached hydrogens (tertiary/aromatic N) is 2. The summed E-state index contributed by atoms with van der Waals surface area (Å²) in [6.07, 6.45) is 4.24. The number of urea groups is 1. The van der Waals surface area contributed by atoms with Crippen LogP contribution in [0.4, 0.5) is 10.6 Å². The molecule has 0 aromatic carbocycles. The number of hydrogen-bond acceptors (Lipinski definition) is 7. The van der Waals surface area contributed by atoms with Gasteiger partial charge in [0.25, 0.3) is 0 Å². The molecule has 1 fully saturated rings. The molecule has 0 spiro atoms. The summed E-state index contributed by atoms with van der Waals surface area (Å²) in [5, 5.41) is 8.83. The van der Waals surface area contributed by atoms with Crippen LogP contribution in [0.5, 0.6) is 0 Å². The van der Waals surface area contributed by atoms with E-state index in [4.69, 9.17) is 20.8 Å². The highest BCUT2D eigenvalue weighted by Gasteiger charge is 2.36. The molecule has 1 atom stereocenters. The number of carbonyl (C=O) groups is 3. The number of pyridine rings is 1. The lowest BCUT2D eigenvalue weighted by molar-refractivity contribution is -0.139. The van der Waals surface area contributed by atoms with Crippen molar-refractivity contribution in [3.05, 3.63) is 58.8 Å². The van der Waals surface area contributed by atoms with Crippen LogP contribution in [-0.2, 0) is 14.3 Å². The fourth-order valence-electron chi connectivity index (χ4n) is 4.12. The lowest BCUT2D eigenvalue weighted by Gasteiger charge is -2.34. The highest BCUT2D eigenvalue weighted by Crippen LogP contribution is 2.29. The van der Waals surface area contributed by atoms with Crippen LogP contribution < -0.4 is 16.0 Å². The van der Waals surface area contributed by atoms with Gasteiger partial charge >= 0.3 is 12.0 Å². The van der Waals surface area contributed by atoms with Crippen molar-refractivity contribution in [1.82, 2.24) is 20.5 Å². The highest BCUT2D eigenvalue weighted by molar-refractivity contribution is 6.30. The molecule has 4 rings (SSSR count). The van der Waals surface area contributed by atoms with E-state index in [0.717, 1.165) is 0 Å². The molecule has 10 nitrogen and oxygen atoms in total. The normalized spacial score (nSPS) is 19.4. The quantitative estimate of drug-likeness (QED) is 0.512. The largest absolute Gasteiger partial charge is 0.467 e. The van der Waals surface area contributed by atoms with Crippen LogP contribution in [0.15, 0.2) is 52.4 Å². The molecule has 2 aliphatic rings. The Morgan fingerprint density at radius 2 is 2.09 bits per heavy atom. The number of nitrogens with one attached hydrogen (secondary N) is 3. The number of likely N-dealkylation sites (tertiary alicyclic amines) is 1. The summed E-state index contributed by atoms with van der Waals surface area (Å²) in [5.41, 5.74) is 0.780. The van der Waals surface area contributed by atoms with Crippen LogP contribution in [0.25, 0.3) is 0 Å². The molecule has 0 saturated carbocycles. The Labute approximate surface area is 201 Å². The van der Waals surface area contributed by atoms with E-state index in [-0.39, 0.29) is 18.4 Å². The minimum atomic E-state index is -0.743. The Morgan fingerprint density at radius 3 is 2.74 bits per heavy atom. The average molecular weight is 488 g/mol. The Kier molecular flexibility index (Phi) is 7.49. The van der Waals surface area contributed by atoms with Crippen LogP contribution in [0.2, 0.25) is 5.02 Å². The first-order valence-electron chi connectivity index (χ1n) is 11.1. The molecule has 3 N–H and O–H groups in total. The molecule has 0 aliphatic carbocycles. The van der Waals surface area contributed by atoms with Crippen LogP contribution >= 0.6 is 11.6 Å². The number of aromatic nitrogens is 1. The maximum atomic E-state index is 12.8. The van der Waals surface area contributed by atoms with Gasteiger partial charge in [0, 0.05) is 24.4 Å². The first-order valence-corrected chi connectivity index (χ1v) is 11.5. The van der Waals surface area contributed by atoms with Gasteiger partial charge < -0.3 is 25.1 Å². The lowest BCUT2D eigenvalue weighted by Crippen LogP contribution is -2.49. The van der Waals surface area contributed by atoms with Crippen LogP contribution in [0.3, 0.4) is 0 Å². The number of esters is 1. The Balaban J connectivity index is 1.43. The number of ether oxygens (including phenoxy) is 1. The van der Waals surface area contributed by atoms with Gasteiger partial charge in [-0.25, -0.2) is 14.6 Å². The molecular weight excluding hydrogens is 462 g/mol. The van der Waals surface area contributed by atoms with Crippen molar-refractivity contribution in [3.63, 3.8) is 0 Å². The van der Waals surface area contributed by atoms with Crippen molar-refractivity contribution >= 4 is 35.3 Å². The number of piperidine rings is 1. The van der Waals surface area contributed by atoms with Crippen LogP contribution in [-0.4, -0.2) is 54.0 Å². The number of anilines is 1. The fourth-order valence-corrected chi connectivity index (χ4v) is 4.23. The molecule has 0 bridgehead atoms. The molecule has 1 saturated heterocycles. The zero-order valence-electron chi connectivity index (χ0n) is 18.7. The number of halogens is 1. The predicted octanol–water partition coefficient (Wildman–Crippen LogP) is 2.85. The lowest BCUT2D eigenvalue weighted by atomic mass is 9.95. The zero-order valence-corrected chi connectivity index (χ0v) is 19.4. The third-order valence-electron chi connectivity index (χ3n) is 5.80. The van der Waals surface area contributed by atoms with Gasteiger partial charge in [-0.1, -0.05) is 11.6 Å². The minimum absolute atomic E-state index is 0.0889. The Bertz CT molecular complexity index is 1060. The van der Waals surface area contributed by atoms with Gasteiger partial charge in [0.05, 0.1) is 23.5 Å². The zero-order chi connectivity index (χ0) is 24.1. The molecule has 34 heavy (non-hydrogen) atoms. The van der Waals surface area contributed by atoms with E-state index >= 15 is 0 Å². The summed E-state index contributed by atoms with van der Waals surface area (Å²) in [6, 6.07) is 5.56. The van der Waals surface area contributed by atoms with E-state index in [1.54, 1.807) is 31.2 Å². The molecule has 180 valence electrons. The van der Waals surface area contributed by atoms with Gasteiger partial charge in [-0.3, -0.25) is 9.69 Å². The molecule has 2 aromatic rings. The Morgan fingerprint density at radius 1 is 1.29 bits per heavy atom. The van der Waals surface area contributed by atoms with Gasteiger partial charge in [-0.05, 0) is 57.1 Å². The van der Waals surface area contributed by atoms with Gasteiger partial charge in [0.15, 0.2) is 0 Å². The van der Waals surface area contributed by atoms with Crippen molar-refractivity contribution in [2.24, 2.45) is 5.92 Å². The molecule has 1 unspecified atom stereocenters. The van der Waals surface area contributed by atoms with Crippen molar-refractivity contribution in [2.75, 3.05) is 31.6 Å². The molecule has 0 radical (unpaired) electrons. The van der Waals surface area contributed by atoms with E-state index in [0.29, 0.717) is 60.3 Å². The summed E-state index contributed by atoms with van der Waals surface area (Å²) in [5.74, 6) is 0.139. The second kappa shape index (κ2) is 10.7. The van der Waals surface area contributed by atoms with Crippen LogP contribution in [0.1, 0.15) is 31.6 Å². The maximum absolute atomic E-state index is 12.8. The van der Waals surface area contributed by atoms with Gasteiger partial charge in [0.2, 0.25) is 5.91 Å². The fraction of sp³-hybridized carbons (Fsp3) is 0.391. The second-order valence-corrected chi connectivity index (χ2v) is 8.50. The number of rotatable bonds is 7. The van der Waals surface area contributed by atoms with Crippen molar-refractivity contribution in [2.45, 2.75) is 25.8 Å². The third kappa shape index (κ3) is 5.57. The highest BCUT2D eigenvalue weighted by atomic mass is 35.5. The first-order chi connectivity index (χ1) is 16.4. The molecular formula is C23H26ClN5O5. The third-order valence-corrected chi connectivity index (χ3v) is 6.02. The summed E-state index contributed by atoms with van der Waals surface area (Å²) < 4.78 is 10.7. The van der Waals surface area contributed by atoms with Crippen molar-refractivity contribution in [1.29, 1.82) is 0 Å². The van der Waals surface area contributed by atoms with Crippen molar-refractivity contribution < 1.29 is 23.5 Å². The molecule has 4 heterocycles. The number of furan rings is 1. The van der Waals surface area contributed by atoms with E-state index in [2.05, 4.69) is 25.8 Å². The standard InChI is InChI=1S/C23H26ClN5O5/c1-2-33-22(31)19-16(26-23(32)28-20(19)17-4-3-11-34-17)13-29-9-7-14(8-10-29)21(30)27-18-6-5-15(24)12-25-18/h3-6,11-12,14,20H,2,7-10,13H2,1H3,(H,25,27,30)(H2,26,28,32). The van der Waals surface area contributed by atoms with Gasteiger partial charge in [-0.15, -0.1) is 0 Å². The molecule has 3 amide bonds.